The highest BCUT2D eigenvalue weighted by Crippen LogP contribution is 2.20. The Morgan fingerprint density at radius 1 is 1.48 bits per heavy atom. The van der Waals surface area contributed by atoms with Gasteiger partial charge in [-0.15, -0.1) is 4.33 Å². The fourth-order valence-corrected chi connectivity index (χ4v) is 2.48. The molecule has 0 atom stereocenters. The number of nitriles is 1. The van der Waals surface area contributed by atoms with Gasteiger partial charge < -0.3 is 10.6 Å². The molecule has 0 bridgehead atoms. The molecule has 0 aromatic carbocycles. The van der Waals surface area contributed by atoms with Gasteiger partial charge in [-0.05, 0) is 18.6 Å². The number of nitrogens with zero attached hydrogens (tertiary/aromatic N) is 2. The minimum Gasteiger partial charge on any atom is -0.369 e. The maximum Gasteiger partial charge on any atom is 0.197 e. The van der Waals surface area contributed by atoms with Crippen LogP contribution in [0.5, 0.6) is 0 Å². The molecule has 12 heteroatoms. The molecule has 0 saturated carbocycles. The third-order valence-electron chi connectivity index (χ3n) is 2.86. The first kappa shape index (κ1) is 21.2. The number of rotatable bonds is 12. The molecule has 1 rings (SSSR count). The van der Waals surface area contributed by atoms with Crippen LogP contribution in [-0.4, -0.2) is 44.1 Å². The van der Waals surface area contributed by atoms with Gasteiger partial charge >= 0.3 is 0 Å². The van der Waals surface area contributed by atoms with E-state index in [9.17, 15) is 13.7 Å². The Hall–Kier alpha value is -1.88. The van der Waals surface area contributed by atoms with Gasteiger partial charge in [0.15, 0.2) is 22.2 Å². The Bertz CT molecular complexity index is 720. The van der Waals surface area contributed by atoms with Crippen LogP contribution in [0, 0.1) is 18.3 Å². The summed E-state index contributed by atoms with van der Waals surface area (Å²) in [4.78, 5) is 4.26. The van der Waals surface area contributed by atoms with Crippen molar-refractivity contribution >= 4 is 33.8 Å². The van der Waals surface area contributed by atoms with Gasteiger partial charge in [-0.2, -0.15) is 5.26 Å². The Balaban J connectivity index is 2.68. The first-order chi connectivity index (χ1) is 11.9. The molecule has 10 nitrogen and oxygen atoms in total. The van der Waals surface area contributed by atoms with E-state index in [0.29, 0.717) is 41.6 Å². The van der Waals surface area contributed by atoms with E-state index in [1.807, 2.05) is 0 Å². The second-order valence-electron chi connectivity index (χ2n) is 4.58. The van der Waals surface area contributed by atoms with E-state index in [2.05, 4.69) is 37.6 Å². The molecule has 0 aliphatic heterocycles. The first-order valence-electron chi connectivity index (χ1n) is 6.94. The van der Waals surface area contributed by atoms with Crippen molar-refractivity contribution < 1.29 is 27.2 Å². The molecular formula is C13H18N4O6S2. The van der Waals surface area contributed by atoms with Crippen LogP contribution in [0.2, 0.25) is 0 Å². The maximum absolute atomic E-state index is 11.4. The summed E-state index contributed by atoms with van der Waals surface area (Å²) < 4.78 is 31.7. The number of anilines is 2. The van der Waals surface area contributed by atoms with Crippen molar-refractivity contribution in [3.05, 3.63) is 29.2 Å². The molecule has 138 valence electrons. The number of aryl methyl sites for hydroxylation is 1. The van der Waals surface area contributed by atoms with Crippen molar-refractivity contribution in [2.45, 2.75) is 6.92 Å². The van der Waals surface area contributed by atoms with Crippen LogP contribution in [0.3, 0.4) is 0 Å². The predicted molar refractivity (Wildman–Crippen MR) is 93.0 cm³/mol. The molecular weight excluding hydrogens is 372 g/mol. The second kappa shape index (κ2) is 10.9. The van der Waals surface area contributed by atoms with E-state index in [-0.39, 0.29) is 18.9 Å². The van der Waals surface area contributed by atoms with E-state index < -0.39 is 9.84 Å². The first-order valence-corrected chi connectivity index (χ1v) is 9.32. The largest absolute Gasteiger partial charge is 0.369 e. The lowest BCUT2D eigenvalue weighted by molar-refractivity contribution is -0.434. The van der Waals surface area contributed by atoms with Crippen LogP contribution >= 0.6 is 12.3 Å². The molecule has 3 N–H and O–H groups in total. The van der Waals surface area contributed by atoms with Crippen molar-refractivity contribution in [2.75, 3.05) is 36.1 Å². The van der Waals surface area contributed by atoms with Crippen molar-refractivity contribution in [1.29, 1.82) is 5.26 Å². The monoisotopic (exact) mass is 390 g/mol. The number of hydrogen-bond acceptors (Lipinski definition) is 11. The molecule has 0 amide bonds. The van der Waals surface area contributed by atoms with E-state index in [1.165, 1.54) is 0 Å². The molecule has 1 heterocycles. The highest BCUT2D eigenvalue weighted by molar-refractivity contribution is 7.94. The van der Waals surface area contributed by atoms with Crippen LogP contribution < -0.4 is 10.6 Å². The van der Waals surface area contributed by atoms with E-state index in [0.717, 1.165) is 5.41 Å². The van der Waals surface area contributed by atoms with E-state index in [1.54, 1.807) is 13.0 Å². The lowest BCUT2D eigenvalue weighted by Crippen LogP contribution is -2.16. The van der Waals surface area contributed by atoms with Crippen LogP contribution in [0.15, 0.2) is 18.1 Å². The van der Waals surface area contributed by atoms with Crippen molar-refractivity contribution in [2.24, 2.45) is 0 Å². The summed E-state index contributed by atoms with van der Waals surface area (Å²) in [5.41, 5.74) is 1.05. The highest BCUT2D eigenvalue weighted by Gasteiger charge is 2.11. The molecule has 0 fully saturated rings. The van der Waals surface area contributed by atoms with Gasteiger partial charge in [0.2, 0.25) is 0 Å². The van der Waals surface area contributed by atoms with Gasteiger partial charge in [-0.1, -0.05) is 11.6 Å². The number of sulfone groups is 1. The number of nitrogens with one attached hydrogen (secondary N) is 2. The molecule has 25 heavy (non-hydrogen) atoms. The zero-order chi connectivity index (χ0) is 18.7. The molecule has 0 saturated heterocycles. The molecule has 0 radical (unpaired) electrons. The third-order valence-corrected chi connectivity index (χ3v) is 4.52. The average molecular weight is 390 g/mol. The zero-order valence-electron chi connectivity index (χ0n) is 13.4. The Morgan fingerprint density at radius 2 is 2.24 bits per heavy atom. The van der Waals surface area contributed by atoms with Gasteiger partial charge in [-0.3, -0.25) is 4.18 Å². The Labute approximate surface area is 150 Å². The maximum atomic E-state index is 11.4. The topological polar surface area (TPSA) is 143 Å². The molecule has 0 spiro atoms. The summed E-state index contributed by atoms with van der Waals surface area (Å²) in [5, 5.41) is 27.3. The van der Waals surface area contributed by atoms with Gasteiger partial charge in [0.05, 0.1) is 17.9 Å². The average Bonchev–Trinajstić information content (AvgIpc) is 2.57. The fraction of sp³-hybridized carbons (Fsp3) is 0.385. The highest BCUT2D eigenvalue weighted by atomic mass is 32.2. The molecule has 1 aromatic rings. The van der Waals surface area contributed by atoms with Crippen LogP contribution in [0.4, 0.5) is 11.6 Å². The second-order valence-corrected chi connectivity index (χ2v) is 7.15. The fourth-order valence-electron chi connectivity index (χ4n) is 1.71. The summed E-state index contributed by atoms with van der Waals surface area (Å²) in [7, 11) is -3.30. The molecule has 0 unspecified atom stereocenters. The minimum absolute atomic E-state index is 0.113. The molecule has 0 aliphatic carbocycles. The van der Waals surface area contributed by atoms with Crippen LogP contribution in [0.25, 0.3) is 0 Å². The summed E-state index contributed by atoms with van der Waals surface area (Å²) in [6.45, 7) is 5.63. The minimum atomic E-state index is -3.30. The van der Waals surface area contributed by atoms with Crippen molar-refractivity contribution in [3.63, 3.8) is 0 Å². The quantitative estimate of drug-likeness (QED) is 0.207. The molecule has 1 aromatic heterocycles. The van der Waals surface area contributed by atoms with Gasteiger partial charge in [-0.25, -0.2) is 18.7 Å². The summed E-state index contributed by atoms with van der Waals surface area (Å²) >= 11 is 0.445. The van der Waals surface area contributed by atoms with E-state index in [4.69, 9.17) is 9.44 Å². The predicted octanol–water partition coefficient (Wildman–Crippen LogP) is 1.64. The van der Waals surface area contributed by atoms with Gasteiger partial charge in [0.1, 0.15) is 17.7 Å². The summed E-state index contributed by atoms with van der Waals surface area (Å²) in [5.74, 6) is 0.660. The lowest BCUT2D eigenvalue weighted by atomic mass is 10.1. The lowest BCUT2D eigenvalue weighted by Gasteiger charge is -2.12. The van der Waals surface area contributed by atoms with Crippen molar-refractivity contribution in [3.8, 4) is 6.07 Å². The Morgan fingerprint density at radius 3 is 2.88 bits per heavy atom. The summed E-state index contributed by atoms with van der Waals surface area (Å²) in [6, 6.07) is 3.71. The normalized spacial score (nSPS) is 10.9. The van der Waals surface area contributed by atoms with E-state index >= 15 is 0 Å². The standard InChI is InChI=1S/C13H18N4O6S2/c1-3-25(19,20)7-5-15-12-8-10(2)11(9-14)13(17-12)16-4-6-21-24-23-22-18/h3,8,18H,1,4-7H2,2H3,(H2,15,16,17). The van der Waals surface area contributed by atoms with Crippen molar-refractivity contribution in [1.82, 2.24) is 4.98 Å². The van der Waals surface area contributed by atoms with Crippen LogP contribution in [0.1, 0.15) is 11.1 Å². The third kappa shape index (κ3) is 7.69. The zero-order valence-corrected chi connectivity index (χ0v) is 15.0. The number of pyridine rings is 1. The number of hydrogen-bond donors (Lipinski definition) is 3. The number of aromatic nitrogens is 1. The Kier molecular flexibility index (Phi) is 9.21. The summed E-state index contributed by atoms with van der Waals surface area (Å²) in [6.07, 6.45) is 0. The van der Waals surface area contributed by atoms with Gasteiger partial charge in [0.25, 0.3) is 0 Å². The van der Waals surface area contributed by atoms with Gasteiger partial charge in [0, 0.05) is 18.5 Å². The smallest absolute Gasteiger partial charge is 0.197 e. The molecule has 0 aliphatic rings. The van der Waals surface area contributed by atoms with Crippen LogP contribution in [-0.2, 0) is 23.4 Å². The SMILES string of the molecule is C=CS(=O)(=O)CCNc1cc(C)c(C#N)c(NCCOSOOO)n1.